The van der Waals surface area contributed by atoms with Gasteiger partial charge in [-0.1, -0.05) is 0 Å². The number of nitrogens with one attached hydrogen (secondary N) is 1. The van der Waals surface area contributed by atoms with Crippen LogP contribution in [0.1, 0.15) is 25.8 Å². The first kappa shape index (κ1) is 13.8. The van der Waals surface area contributed by atoms with Crippen LogP contribution in [0.3, 0.4) is 0 Å². The highest BCUT2D eigenvalue weighted by Gasteiger charge is 2.29. The minimum atomic E-state index is -0.275. The molecular formula is C14H13N7O. The first-order valence-corrected chi connectivity index (χ1v) is 6.94. The first-order chi connectivity index (χ1) is 10.7. The van der Waals surface area contributed by atoms with Crippen molar-refractivity contribution >= 4 is 22.6 Å². The van der Waals surface area contributed by atoms with Crippen molar-refractivity contribution < 1.29 is 0 Å². The molecular weight excluding hydrogens is 282 g/mol. The van der Waals surface area contributed by atoms with Gasteiger partial charge in [0, 0.05) is 12.6 Å². The number of imidazole rings is 1. The number of hydrogen-bond donors (Lipinski definition) is 1. The van der Waals surface area contributed by atoms with Gasteiger partial charge in [0.25, 0.3) is 0 Å². The van der Waals surface area contributed by atoms with Crippen molar-refractivity contribution in [3.05, 3.63) is 22.7 Å². The van der Waals surface area contributed by atoms with Crippen LogP contribution in [0.5, 0.6) is 0 Å². The fourth-order valence-corrected chi connectivity index (χ4v) is 2.38. The van der Waals surface area contributed by atoms with E-state index >= 15 is 0 Å². The van der Waals surface area contributed by atoms with Gasteiger partial charge in [-0.2, -0.15) is 15.6 Å². The van der Waals surface area contributed by atoms with Crippen molar-refractivity contribution in [1.29, 1.82) is 10.5 Å². The molecule has 1 aliphatic rings. The van der Waals surface area contributed by atoms with E-state index in [4.69, 9.17) is 10.5 Å². The quantitative estimate of drug-likeness (QED) is 0.676. The average Bonchev–Trinajstić information content (AvgIpc) is 3.32. The SMILES string of the molecule is CCn1c(=O)n(C2CC2)c2ncc(NN=C(C#N)C#N)cc21. The lowest BCUT2D eigenvalue weighted by molar-refractivity contribution is 0.657. The summed E-state index contributed by atoms with van der Waals surface area (Å²) in [6, 6.07) is 5.33. The van der Waals surface area contributed by atoms with E-state index in [1.807, 2.05) is 6.92 Å². The Morgan fingerprint density at radius 3 is 2.82 bits per heavy atom. The largest absolute Gasteiger partial charge is 0.330 e. The van der Waals surface area contributed by atoms with Crippen LogP contribution >= 0.6 is 0 Å². The first-order valence-electron chi connectivity index (χ1n) is 6.94. The summed E-state index contributed by atoms with van der Waals surface area (Å²) in [4.78, 5) is 16.8. The number of aryl methyl sites for hydroxylation is 1. The van der Waals surface area contributed by atoms with Crippen molar-refractivity contribution in [2.75, 3.05) is 5.43 Å². The Morgan fingerprint density at radius 1 is 1.50 bits per heavy atom. The minimum Gasteiger partial charge on any atom is -0.290 e. The Bertz CT molecular complexity index is 886. The second-order valence-corrected chi connectivity index (χ2v) is 4.99. The minimum absolute atomic E-state index is 0.0529. The summed E-state index contributed by atoms with van der Waals surface area (Å²) >= 11 is 0. The molecule has 1 N–H and O–H groups in total. The van der Waals surface area contributed by atoms with Gasteiger partial charge in [-0.15, -0.1) is 0 Å². The lowest BCUT2D eigenvalue weighted by atomic mass is 10.4. The molecule has 0 bridgehead atoms. The summed E-state index contributed by atoms with van der Waals surface area (Å²) in [6.07, 6.45) is 3.54. The van der Waals surface area contributed by atoms with Crippen LogP contribution < -0.4 is 11.1 Å². The molecule has 0 amide bonds. The molecule has 8 nitrogen and oxygen atoms in total. The molecule has 0 unspecified atom stereocenters. The second kappa shape index (κ2) is 5.34. The predicted molar refractivity (Wildman–Crippen MR) is 80.2 cm³/mol. The van der Waals surface area contributed by atoms with Crippen molar-refractivity contribution in [3.63, 3.8) is 0 Å². The number of pyridine rings is 1. The standard InChI is InChI=1S/C14H13N7O/c1-2-20-12-5-9(18-19-10(6-15)7-16)8-17-13(12)21(14(20)22)11-3-4-11/h5,8,11,18H,2-4H2,1H3. The third kappa shape index (κ3) is 2.21. The Labute approximate surface area is 125 Å². The van der Waals surface area contributed by atoms with E-state index in [-0.39, 0.29) is 17.4 Å². The number of nitriles is 2. The Hall–Kier alpha value is -3.13. The van der Waals surface area contributed by atoms with Crippen LogP contribution in [-0.4, -0.2) is 19.8 Å². The molecule has 110 valence electrons. The number of rotatable bonds is 4. The summed E-state index contributed by atoms with van der Waals surface area (Å²) in [5.41, 5.74) is 4.19. The summed E-state index contributed by atoms with van der Waals surface area (Å²) in [7, 11) is 0. The molecule has 2 aromatic heterocycles. The van der Waals surface area contributed by atoms with Crippen LogP contribution in [0.25, 0.3) is 11.2 Å². The Morgan fingerprint density at radius 2 is 2.23 bits per heavy atom. The van der Waals surface area contributed by atoms with Crippen LogP contribution in [-0.2, 0) is 6.54 Å². The van der Waals surface area contributed by atoms with Crippen LogP contribution in [0.2, 0.25) is 0 Å². The normalized spacial score (nSPS) is 13.4. The smallest absolute Gasteiger partial charge is 0.290 e. The fourth-order valence-electron chi connectivity index (χ4n) is 2.38. The highest BCUT2D eigenvalue weighted by Crippen LogP contribution is 2.35. The van der Waals surface area contributed by atoms with Gasteiger partial charge in [0.1, 0.15) is 12.1 Å². The highest BCUT2D eigenvalue weighted by atomic mass is 16.1. The summed E-state index contributed by atoms with van der Waals surface area (Å²) in [6.45, 7) is 2.45. The monoisotopic (exact) mass is 295 g/mol. The molecule has 0 saturated heterocycles. The van der Waals surface area contributed by atoms with Crippen molar-refractivity contribution in [1.82, 2.24) is 14.1 Å². The third-order valence-electron chi connectivity index (χ3n) is 3.54. The molecule has 1 aliphatic carbocycles. The molecule has 3 rings (SSSR count). The molecule has 2 aromatic rings. The van der Waals surface area contributed by atoms with E-state index < -0.39 is 0 Å². The maximum atomic E-state index is 12.4. The van der Waals surface area contributed by atoms with E-state index in [9.17, 15) is 4.79 Å². The lowest BCUT2D eigenvalue weighted by Crippen LogP contribution is -2.23. The molecule has 1 fully saturated rings. The Balaban J connectivity index is 2.07. The van der Waals surface area contributed by atoms with Gasteiger partial charge in [-0.05, 0) is 25.8 Å². The predicted octanol–water partition coefficient (Wildman–Crippen LogP) is 1.37. The zero-order valence-electron chi connectivity index (χ0n) is 11.9. The van der Waals surface area contributed by atoms with Gasteiger partial charge in [0.15, 0.2) is 5.65 Å². The maximum Gasteiger partial charge on any atom is 0.330 e. The number of fused-ring (bicyclic) bond motifs is 1. The van der Waals surface area contributed by atoms with E-state index in [2.05, 4.69) is 15.5 Å². The molecule has 1 saturated carbocycles. The van der Waals surface area contributed by atoms with Gasteiger partial charge in [-0.3, -0.25) is 14.6 Å². The van der Waals surface area contributed by atoms with E-state index in [0.29, 0.717) is 17.9 Å². The van der Waals surface area contributed by atoms with Gasteiger partial charge in [-0.25, -0.2) is 9.78 Å². The highest BCUT2D eigenvalue weighted by molar-refractivity contribution is 6.10. The lowest BCUT2D eigenvalue weighted by Gasteiger charge is -2.02. The molecule has 2 heterocycles. The number of hydrogen-bond acceptors (Lipinski definition) is 6. The molecule has 0 atom stereocenters. The van der Waals surface area contributed by atoms with Crippen molar-refractivity contribution in [2.24, 2.45) is 5.10 Å². The van der Waals surface area contributed by atoms with Gasteiger partial charge >= 0.3 is 5.69 Å². The van der Waals surface area contributed by atoms with Crippen molar-refractivity contribution in [3.8, 4) is 12.1 Å². The number of nitrogens with zero attached hydrogens (tertiary/aromatic N) is 6. The molecule has 0 aliphatic heterocycles. The van der Waals surface area contributed by atoms with Gasteiger partial charge in [0.2, 0.25) is 5.71 Å². The van der Waals surface area contributed by atoms with Crippen LogP contribution in [0, 0.1) is 22.7 Å². The molecule has 8 heteroatoms. The molecule has 0 radical (unpaired) electrons. The summed E-state index contributed by atoms with van der Waals surface area (Å²) in [5.74, 6) is 0. The van der Waals surface area contributed by atoms with Crippen LogP contribution in [0.15, 0.2) is 22.2 Å². The maximum absolute atomic E-state index is 12.4. The molecule has 0 aromatic carbocycles. The Kier molecular flexibility index (Phi) is 3.36. The summed E-state index contributed by atoms with van der Waals surface area (Å²) < 4.78 is 3.40. The topological polar surface area (TPSA) is 112 Å². The fraction of sp³-hybridized carbons (Fsp3) is 0.357. The van der Waals surface area contributed by atoms with E-state index in [1.54, 1.807) is 27.3 Å². The zero-order chi connectivity index (χ0) is 15.7. The number of aromatic nitrogens is 3. The number of anilines is 1. The average molecular weight is 295 g/mol. The third-order valence-corrected chi connectivity index (χ3v) is 3.54. The second-order valence-electron chi connectivity index (χ2n) is 4.99. The molecule has 22 heavy (non-hydrogen) atoms. The molecule has 0 spiro atoms. The van der Waals surface area contributed by atoms with Crippen molar-refractivity contribution in [2.45, 2.75) is 32.4 Å². The van der Waals surface area contributed by atoms with E-state index in [1.165, 1.54) is 6.20 Å². The summed E-state index contributed by atoms with van der Waals surface area (Å²) in [5, 5.41) is 21.0. The zero-order valence-corrected chi connectivity index (χ0v) is 11.9. The number of hydrazone groups is 1. The van der Waals surface area contributed by atoms with Crippen LogP contribution in [0.4, 0.5) is 5.69 Å². The van der Waals surface area contributed by atoms with Gasteiger partial charge in [0.05, 0.1) is 17.4 Å². The van der Waals surface area contributed by atoms with Gasteiger partial charge < -0.3 is 0 Å². The van der Waals surface area contributed by atoms with E-state index in [0.717, 1.165) is 18.4 Å².